The molecule has 21 heavy (non-hydrogen) atoms. The monoisotopic (exact) mass is 307 g/mol. The van der Waals surface area contributed by atoms with Gasteiger partial charge in [-0.2, -0.15) is 0 Å². The summed E-state index contributed by atoms with van der Waals surface area (Å²) in [6.45, 7) is 8.19. The Labute approximate surface area is 129 Å². The van der Waals surface area contributed by atoms with Crippen molar-refractivity contribution >= 4 is 23.1 Å². The first-order valence-corrected chi connectivity index (χ1v) is 7.16. The molecule has 5 nitrogen and oxygen atoms in total. The van der Waals surface area contributed by atoms with E-state index in [9.17, 15) is 0 Å². The lowest BCUT2D eigenvalue weighted by Gasteiger charge is -2.32. The van der Waals surface area contributed by atoms with Crippen LogP contribution in [0.5, 0.6) is 11.5 Å². The van der Waals surface area contributed by atoms with E-state index < -0.39 is 18.3 Å². The number of hydrogen-bond donors (Lipinski definition) is 0. The maximum Gasteiger partial charge on any atom is 0.498 e. The fraction of sp³-hybridized carbons (Fsp3) is 0.571. The fourth-order valence-electron chi connectivity index (χ4n) is 1.99. The van der Waals surface area contributed by atoms with E-state index in [1.54, 1.807) is 13.2 Å². The lowest BCUT2D eigenvalue weighted by atomic mass is 9.78. The van der Waals surface area contributed by atoms with Crippen molar-refractivity contribution in [1.82, 2.24) is 0 Å². The van der Waals surface area contributed by atoms with Gasteiger partial charge in [-0.25, -0.2) is 0 Å². The zero-order chi connectivity index (χ0) is 15.7. The summed E-state index contributed by atoms with van der Waals surface area (Å²) in [5.74, 6) is 1.23. The Bertz CT molecular complexity index is 490. The van der Waals surface area contributed by atoms with Crippen LogP contribution < -0.4 is 14.6 Å². The maximum absolute atomic E-state index is 6.05. The predicted octanol–water partition coefficient (Wildman–Crippen LogP) is 1.43. The highest BCUT2D eigenvalue weighted by molar-refractivity contribution is 6.63. The minimum absolute atomic E-state index is 0.137. The molecule has 0 amide bonds. The van der Waals surface area contributed by atoms with Crippen LogP contribution in [0.2, 0.25) is 0 Å². The van der Waals surface area contributed by atoms with Crippen molar-refractivity contribution in [3.8, 4) is 11.5 Å². The molecule has 1 fully saturated rings. The van der Waals surface area contributed by atoms with Crippen molar-refractivity contribution in [2.75, 3.05) is 13.9 Å². The van der Waals surface area contributed by atoms with Crippen LogP contribution in [-0.2, 0) is 14.0 Å². The van der Waals surface area contributed by atoms with E-state index >= 15 is 0 Å². The quantitative estimate of drug-likeness (QED) is 0.608. The van der Waals surface area contributed by atoms with Gasteiger partial charge in [-0.3, -0.25) is 0 Å². The second-order valence-corrected chi connectivity index (χ2v) is 6.14. The molecule has 1 heterocycles. The van der Waals surface area contributed by atoms with Crippen LogP contribution >= 0.6 is 0 Å². The Balaban J connectivity index is 2.31. The molecule has 0 N–H and O–H groups in total. The van der Waals surface area contributed by atoms with E-state index in [0.29, 0.717) is 11.5 Å². The van der Waals surface area contributed by atoms with Crippen molar-refractivity contribution in [2.24, 2.45) is 0 Å². The molecule has 0 bridgehead atoms. The Kier molecular flexibility index (Phi) is 4.67. The summed E-state index contributed by atoms with van der Waals surface area (Å²) >= 11 is 0. The fourth-order valence-corrected chi connectivity index (χ4v) is 2.12. The molecule has 0 spiro atoms. The average molecular weight is 307 g/mol. The van der Waals surface area contributed by atoms with Gasteiger partial charge in [0.15, 0.2) is 6.79 Å². The minimum Gasteiger partial charge on any atom is -0.540 e. The third kappa shape index (κ3) is 3.26. The molecule has 3 radical (unpaired) electrons. The molecule has 1 aromatic rings. The minimum atomic E-state index is -0.495. The molecule has 0 unspecified atom stereocenters. The smallest absolute Gasteiger partial charge is 0.498 e. The normalized spacial score (nSPS) is 19.6. The molecule has 1 aromatic carbocycles. The van der Waals surface area contributed by atoms with E-state index in [2.05, 4.69) is 10.5 Å². The zero-order valence-corrected chi connectivity index (χ0v) is 14.1. The van der Waals surface area contributed by atoms with E-state index in [4.69, 9.17) is 23.2 Å². The van der Waals surface area contributed by atoms with Crippen LogP contribution in [0.4, 0.5) is 0 Å². The van der Waals surface area contributed by atoms with Crippen LogP contribution in [0.25, 0.3) is 0 Å². The molecule has 0 saturated carbocycles. The second-order valence-electron chi connectivity index (χ2n) is 5.94. The highest BCUT2D eigenvalue weighted by Gasteiger charge is 2.52. The van der Waals surface area contributed by atoms with E-state index in [1.165, 1.54) is 0 Å². The SMILES string of the molecule is COCOc1cc(O[Si])ccc1B1OC(C)(C)C(C)(C)O1. The van der Waals surface area contributed by atoms with Gasteiger partial charge in [-0.05, 0) is 33.8 Å². The largest absolute Gasteiger partial charge is 0.540 e. The molecule has 0 aromatic heterocycles. The van der Waals surface area contributed by atoms with Crippen molar-refractivity contribution < 1.29 is 23.2 Å². The number of rotatable bonds is 5. The van der Waals surface area contributed by atoms with E-state index in [1.807, 2.05) is 39.8 Å². The Morgan fingerprint density at radius 1 is 1.14 bits per heavy atom. The first kappa shape index (κ1) is 16.4. The highest BCUT2D eigenvalue weighted by atomic mass is 28.2. The molecule has 2 rings (SSSR count). The molecule has 1 aliphatic rings. The molecule has 0 atom stereocenters. The molecular weight excluding hydrogens is 287 g/mol. The first-order valence-electron chi connectivity index (χ1n) is 6.75. The number of benzene rings is 1. The predicted molar refractivity (Wildman–Crippen MR) is 81.0 cm³/mol. The molecule has 1 saturated heterocycles. The van der Waals surface area contributed by atoms with Crippen LogP contribution in [0.3, 0.4) is 0 Å². The van der Waals surface area contributed by atoms with Gasteiger partial charge in [-0.1, -0.05) is 6.07 Å². The van der Waals surface area contributed by atoms with Gasteiger partial charge in [0.1, 0.15) is 11.5 Å². The second kappa shape index (κ2) is 6.00. The van der Waals surface area contributed by atoms with Crippen molar-refractivity contribution in [2.45, 2.75) is 38.9 Å². The first-order chi connectivity index (χ1) is 9.80. The van der Waals surface area contributed by atoms with Crippen molar-refractivity contribution in [3.63, 3.8) is 0 Å². The van der Waals surface area contributed by atoms with Gasteiger partial charge >= 0.3 is 17.6 Å². The third-order valence-electron chi connectivity index (χ3n) is 3.94. The molecule has 1 aliphatic heterocycles. The summed E-state index contributed by atoms with van der Waals surface area (Å²) in [7, 11) is 4.08. The van der Waals surface area contributed by atoms with Crippen LogP contribution in [0, 0.1) is 0 Å². The average Bonchev–Trinajstić information content (AvgIpc) is 2.64. The number of methoxy groups -OCH3 is 1. The topological polar surface area (TPSA) is 46.2 Å². The lowest BCUT2D eigenvalue weighted by molar-refractivity contribution is 0.00578. The standard InChI is InChI=1S/C14H20BO5Si/c1-13(2)14(3,4)20-15(19-13)11-7-6-10(18-21)8-12(11)17-9-16-5/h6-8H,9H2,1-5H3. The summed E-state index contributed by atoms with van der Waals surface area (Å²) in [5, 5.41) is 0. The van der Waals surface area contributed by atoms with Gasteiger partial charge in [0.25, 0.3) is 0 Å². The van der Waals surface area contributed by atoms with Crippen LogP contribution in [0.15, 0.2) is 18.2 Å². The third-order valence-corrected chi connectivity index (χ3v) is 4.18. The van der Waals surface area contributed by atoms with Crippen molar-refractivity contribution in [1.29, 1.82) is 0 Å². The summed E-state index contributed by atoms with van der Waals surface area (Å²) < 4.78 is 27.7. The van der Waals surface area contributed by atoms with Gasteiger partial charge < -0.3 is 23.2 Å². The molecule has 113 valence electrons. The summed E-state index contributed by atoms with van der Waals surface area (Å²) in [6, 6.07) is 5.43. The molecular formula is C14H20BO5Si. The molecule has 0 aliphatic carbocycles. The number of ether oxygens (including phenoxy) is 2. The maximum atomic E-state index is 6.05. The Morgan fingerprint density at radius 3 is 2.29 bits per heavy atom. The van der Waals surface area contributed by atoms with Crippen molar-refractivity contribution in [3.05, 3.63) is 18.2 Å². The van der Waals surface area contributed by atoms with Gasteiger partial charge in [0.2, 0.25) is 0 Å². The van der Waals surface area contributed by atoms with Crippen LogP contribution in [0.1, 0.15) is 27.7 Å². The molecule has 7 heteroatoms. The van der Waals surface area contributed by atoms with E-state index in [0.717, 1.165) is 5.46 Å². The zero-order valence-electron chi connectivity index (χ0n) is 13.1. The van der Waals surface area contributed by atoms with E-state index in [-0.39, 0.29) is 6.79 Å². The summed E-state index contributed by atoms with van der Waals surface area (Å²) in [5.41, 5.74) is -0.000821. The number of hydrogen-bond acceptors (Lipinski definition) is 5. The van der Waals surface area contributed by atoms with Gasteiger partial charge in [-0.15, -0.1) is 0 Å². The summed E-state index contributed by atoms with van der Waals surface area (Å²) in [6.07, 6.45) is 0. The highest BCUT2D eigenvalue weighted by Crippen LogP contribution is 2.37. The lowest BCUT2D eigenvalue weighted by Crippen LogP contribution is -2.41. The van der Waals surface area contributed by atoms with Crippen LogP contribution in [-0.4, -0.2) is 42.7 Å². The van der Waals surface area contributed by atoms with Gasteiger partial charge in [0, 0.05) is 18.6 Å². The Morgan fingerprint density at radius 2 is 1.76 bits per heavy atom. The summed E-state index contributed by atoms with van der Waals surface area (Å²) in [4.78, 5) is 0. The van der Waals surface area contributed by atoms with Gasteiger partial charge in [0.05, 0.1) is 11.2 Å². The Hall–Kier alpha value is -1.02.